The zero-order valence-corrected chi connectivity index (χ0v) is 71.7. The first-order valence-corrected chi connectivity index (χ1v) is 39.8. The fourth-order valence-corrected chi connectivity index (χ4v) is 14.2. The molecule has 4 aromatic carbocycles. The molecule has 8 heterocycles. The molecule has 4 aliphatic heterocycles. The molecule has 0 spiro atoms. The lowest BCUT2D eigenvalue weighted by Gasteiger charge is -2.31. The second kappa shape index (κ2) is 42.3. The van der Waals surface area contributed by atoms with Crippen LogP contribution in [-0.4, -0.2) is 206 Å². The lowest BCUT2D eigenvalue weighted by molar-refractivity contribution is -0.147. The lowest BCUT2D eigenvalue weighted by Crippen LogP contribution is -2.40. The summed E-state index contributed by atoms with van der Waals surface area (Å²) < 4.78 is 18.4. The van der Waals surface area contributed by atoms with Crippen molar-refractivity contribution in [2.45, 2.75) is 51.4 Å². The van der Waals surface area contributed by atoms with E-state index in [9.17, 15) is 57.5 Å². The largest absolute Gasteiger partial charge is 0.481 e. The number of imidazole rings is 4. The van der Waals surface area contributed by atoms with Gasteiger partial charge in [-0.25, -0.2) is 24.7 Å². The molecule has 4 aromatic heterocycles. The van der Waals surface area contributed by atoms with Crippen molar-refractivity contribution < 1.29 is 82.3 Å². The van der Waals surface area contributed by atoms with Crippen LogP contribution in [0.2, 0.25) is 20.1 Å². The molecule has 4 saturated heterocycles. The van der Waals surface area contributed by atoms with E-state index in [-0.39, 0.29) is 90.4 Å². The van der Waals surface area contributed by atoms with Crippen LogP contribution in [0.25, 0.3) is 0 Å². The van der Waals surface area contributed by atoms with E-state index in [2.05, 4.69) is 115 Å². The Morgan fingerprint density at radius 3 is 0.826 bits per heavy atom. The van der Waals surface area contributed by atoms with Gasteiger partial charge in [-0.2, -0.15) is 0 Å². The topological polar surface area (TPSA) is 425 Å². The third-order valence-electron chi connectivity index (χ3n) is 18.8. The molecular weight excluding hydrogens is 1850 g/mol. The molecule has 115 heavy (non-hydrogen) atoms. The number of likely N-dealkylation sites (tertiary alicyclic amines) is 3. The van der Waals surface area contributed by atoms with Gasteiger partial charge in [0.1, 0.15) is 18.4 Å². The van der Waals surface area contributed by atoms with Crippen molar-refractivity contribution in [3.05, 3.63) is 182 Å². The quantitative estimate of drug-likeness (QED) is 0.0417. The molecule has 0 saturated carbocycles. The van der Waals surface area contributed by atoms with E-state index >= 15 is 0 Å². The van der Waals surface area contributed by atoms with Crippen LogP contribution in [-0.2, 0) is 56.8 Å². The van der Waals surface area contributed by atoms with Crippen LogP contribution in [0.4, 0.5) is 22.7 Å². The van der Waals surface area contributed by atoms with Crippen LogP contribution in [0.3, 0.4) is 0 Å². The molecule has 41 heteroatoms. The minimum Gasteiger partial charge on any atom is -0.481 e. The van der Waals surface area contributed by atoms with E-state index in [1.165, 1.54) is 75.4 Å². The highest BCUT2D eigenvalue weighted by Crippen LogP contribution is 2.31. The molecule has 4 fully saturated rings. The highest BCUT2D eigenvalue weighted by atomic mass is 79.9. The molecule has 0 aliphatic carbocycles. The van der Waals surface area contributed by atoms with Crippen molar-refractivity contribution >= 4 is 204 Å². The van der Waals surface area contributed by atoms with Gasteiger partial charge in [0.25, 0.3) is 41.4 Å². The number of methoxy groups -OCH3 is 2. The predicted molar refractivity (Wildman–Crippen MR) is 439 cm³/mol. The smallest absolute Gasteiger partial charge is 0.337 e. The van der Waals surface area contributed by atoms with Gasteiger partial charge < -0.3 is 84.3 Å². The van der Waals surface area contributed by atoms with Crippen molar-refractivity contribution in [2.24, 2.45) is 51.9 Å². The van der Waals surface area contributed by atoms with Crippen molar-refractivity contribution in [1.82, 2.24) is 58.2 Å². The lowest BCUT2D eigenvalue weighted by atomic mass is 9.96. The number of hydrogen-bond donors (Lipinski definition) is 8. The van der Waals surface area contributed by atoms with Gasteiger partial charge in [-0.1, -0.05) is 46.4 Å². The Morgan fingerprint density at radius 2 is 0.617 bits per heavy atom. The number of anilines is 4. The van der Waals surface area contributed by atoms with Crippen molar-refractivity contribution in [1.29, 1.82) is 0 Å². The summed E-state index contributed by atoms with van der Waals surface area (Å²) >= 11 is 37.8. The summed E-state index contributed by atoms with van der Waals surface area (Å²) in [6.45, 7) is 4.30. The van der Waals surface area contributed by atoms with Gasteiger partial charge in [-0.3, -0.25) is 52.7 Å². The van der Waals surface area contributed by atoms with E-state index in [0.29, 0.717) is 136 Å². The average Bonchev–Trinajstić information content (AvgIpc) is 1.47. The number of piperidine rings is 4. The van der Waals surface area contributed by atoms with Gasteiger partial charge in [0.15, 0.2) is 23.3 Å². The van der Waals surface area contributed by atoms with Gasteiger partial charge in [-0.15, -0.1) is 0 Å². The maximum Gasteiger partial charge on any atom is 0.337 e. The van der Waals surface area contributed by atoms with Crippen LogP contribution in [0, 0.1) is 23.7 Å². The number of benzene rings is 4. The number of aromatic carboxylic acids is 1. The maximum atomic E-state index is 12.8. The van der Waals surface area contributed by atoms with Gasteiger partial charge >= 0.3 is 29.8 Å². The number of esters is 2. The van der Waals surface area contributed by atoms with Gasteiger partial charge in [-0.05, 0) is 201 Å². The number of nitrogens with one attached hydrogen (secondary N) is 5. The standard InChI is InChI=1S/C19H20BrClN4O4.2C18H18BrClN4O4.C12H9BrClN3O3.C7H13NO2/c1-24-15(20)10-22-16(24)17(26)23-12-3-4-13(14(21)9-12)18(27)25-7-5-11(6-8-25)19(28)29-2;2*1-23-14(19)9-21-15(23)16(25)22-11-2-3-12(13(20)8-11)17(26)24-6-4-10(5-7-24)18(27)28;1-17-9(13)5-15-10(17)11(18)16-6-2-3-7(12(19)20)8(14)4-6;1-10-7(9)6-2-4-8-5-3-6/h3-4,9-11H,5-8H2,1-2H3,(H,23,26);2*2-3,8-10H,4-7H2,1H3,(H,22,25)(H,27,28);2-5H,1H3,(H,16,18)(H,19,20);6,8H,2-5H2,1H3. The summed E-state index contributed by atoms with van der Waals surface area (Å²) in [5.41, 5.74) is 2.68. The molecule has 8 aromatic rings. The Bertz CT molecular complexity index is 4820. The molecule has 0 radical (unpaired) electrons. The zero-order valence-electron chi connectivity index (χ0n) is 62.4. The van der Waals surface area contributed by atoms with E-state index < -0.39 is 53.4 Å². The fourth-order valence-electron chi connectivity index (χ4n) is 12.1. The SMILES string of the molecule is COC(=O)C1CCN(C(=O)c2ccc(NC(=O)c3ncc(Br)n3C)cc2Cl)CC1.COC(=O)C1CCNCC1.Cn1c(Br)cnc1C(=O)Nc1ccc(C(=O)N2CCC(C(=O)O)CC2)c(Cl)c1.Cn1c(Br)cnc1C(=O)Nc1ccc(C(=O)N2CCC(C(=O)O)CC2)c(Cl)c1.Cn1c(Br)cnc1C(=O)Nc1ccc(C(=O)O)c(Cl)c1. The van der Waals surface area contributed by atoms with Crippen LogP contribution in [0.5, 0.6) is 0 Å². The molecule has 33 nitrogen and oxygen atoms in total. The van der Waals surface area contributed by atoms with E-state index in [1.54, 1.807) is 97.6 Å². The minimum atomic E-state index is -1.12. The van der Waals surface area contributed by atoms with Crippen LogP contribution in [0.1, 0.15) is 135 Å². The summed E-state index contributed by atoms with van der Waals surface area (Å²) in [4.78, 5) is 164. The number of carbonyl (C=O) groups is 12. The number of carboxylic acid groups (broad SMARTS) is 3. The molecule has 0 atom stereocenters. The molecule has 7 amide bonds. The third-order valence-corrected chi connectivity index (χ3v) is 23.0. The number of carboxylic acids is 3. The molecule has 4 aliphatic rings. The molecular formula is C74H78Br4Cl4N16O17. The maximum absolute atomic E-state index is 12.8. The van der Waals surface area contributed by atoms with Gasteiger partial charge in [0.05, 0.1) is 105 Å². The number of rotatable bonds is 16. The fraction of sp³-hybridized carbons (Fsp3) is 0.351. The Kier molecular flexibility index (Phi) is 33.5. The number of carbonyl (C=O) groups excluding carboxylic acids is 9. The van der Waals surface area contributed by atoms with Crippen molar-refractivity contribution in [3.8, 4) is 0 Å². The van der Waals surface area contributed by atoms with E-state index in [1.807, 2.05) is 0 Å². The molecule has 612 valence electrons. The zero-order chi connectivity index (χ0) is 84.2. The first-order chi connectivity index (χ1) is 54.6. The Morgan fingerprint density at radius 1 is 0.383 bits per heavy atom. The summed E-state index contributed by atoms with van der Waals surface area (Å²) in [6, 6.07) is 18.2. The second-order valence-electron chi connectivity index (χ2n) is 26.2. The van der Waals surface area contributed by atoms with Gasteiger partial charge in [0, 0.05) is 90.2 Å². The summed E-state index contributed by atoms with van der Waals surface area (Å²) in [5, 5.41) is 41.6. The Balaban J connectivity index is 0.000000185. The third kappa shape index (κ3) is 24.3. The average molecular weight is 1920 g/mol. The second-order valence-corrected chi connectivity index (χ2v) is 31.1. The number of ether oxygens (including phenoxy) is 2. The monoisotopic (exact) mass is 1920 g/mol. The number of hydrogen-bond acceptors (Lipinski definition) is 19. The van der Waals surface area contributed by atoms with Crippen molar-refractivity contribution in [3.63, 3.8) is 0 Å². The number of aliphatic carboxylic acids is 2. The summed E-state index contributed by atoms with van der Waals surface area (Å²) in [7, 11) is 9.62. The van der Waals surface area contributed by atoms with E-state index in [0.717, 1.165) is 25.9 Å². The normalized spacial score (nSPS) is 14.4. The van der Waals surface area contributed by atoms with Crippen LogP contribution < -0.4 is 26.6 Å². The molecule has 8 N–H and O–H groups in total. The van der Waals surface area contributed by atoms with Crippen molar-refractivity contribution in [2.75, 3.05) is 87.8 Å². The highest BCUT2D eigenvalue weighted by Gasteiger charge is 2.33. The number of halogens is 8. The Labute approximate surface area is 712 Å². The molecule has 12 rings (SSSR count). The minimum absolute atomic E-state index is 0.0237. The van der Waals surface area contributed by atoms with Crippen LogP contribution in [0.15, 0.2) is 116 Å². The first-order valence-electron chi connectivity index (χ1n) is 35.2. The first kappa shape index (κ1) is 90.9. The summed E-state index contributed by atoms with van der Waals surface area (Å²) in [5.74, 6) is -5.35. The molecule has 0 bridgehead atoms. The highest BCUT2D eigenvalue weighted by molar-refractivity contribution is 9.11. The number of nitrogens with zero attached hydrogens (tertiary/aromatic N) is 11. The number of amides is 7. The Hall–Kier alpha value is -9.60. The molecule has 0 unspecified atom stereocenters. The number of aromatic nitrogens is 8. The van der Waals surface area contributed by atoms with Crippen LogP contribution >= 0.6 is 110 Å². The van der Waals surface area contributed by atoms with Gasteiger partial charge in [0.2, 0.25) is 0 Å². The summed E-state index contributed by atoms with van der Waals surface area (Å²) in [6.07, 6.45) is 10.7. The van der Waals surface area contributed by atoms with E-state index in [4.69, 9.17) is 66.5 Å². The predicted octanol–water partition coefficient (Wildman–Crippen LogP) is 12.1.